The predicted octanol–water partition coefficient (Wildman–Crippen LogP) is 3.73. The number of hydrogen-bond donors (Lipinski definition) is 2. The van der Waals surface area contributed by atoms with Crippen molar-refractivity contribution in [3.8, 4) is 0 Å². The molecule has 3 nitrogen and oxygen atoms in total. The van der Waals surface area contributed by atoms with E-state index in [0.29, 0.717) is 5.25 Å². The third-order valence-corrected chi connectivity index (χ3v) is 4.99. The van der Waals surface area contributed by atoms with E-state index in [-0.39, 0.29) is 23.7 Å². The lowest BCUT2D eigenvalue weighted by Gasteiger charge is -2.34. The van der Waals surface area contributed by atoms with Crippen LogP contribution in [0.1, 0.15) is 44.0 Å². The van der Waals surface area contributed by atoms with Crippen molar-refractivity contribution in [2.45, 2.75) is 43.8 Å². The molecule has 0 atom stereocenters. The molecule has 5 heteroatoms. The summed E-state index contributed by atoms with van der Waals surface area (Å²) in [5.74, 6) is 0.0378. The SMILES string of the molecule is CC(C)Sc1ccc(C(=O)NCC2(C)CCNCC2)cc1.Cl. The molecule has 1 aliphatic rings. The Bertz CT molecular complexity index is 470. The minimum absolute atomic E-state index is 0. The molecule has 22 heavy (non-hydrogen) atoms. The molecular weight excluding hydrogens is 316 g/mol. The van der Waals surface area contributed by atoms with E-state index in [9.17, 15) is 4.79 Å². The van der Waals surface area contributed by atoms with Crippen LogP contribution in [0.3, 0.4) is 0 Å². The molecule has 1 amide bonds. The van der Waals surface area contributed by atoms with E-state index in [0.717, 1.165) is 38.0 Å². The van der Waals surface area contributed by atoms with Gasteiger partial charge in [-0.1, -0.05) is 20.8 Å². The Kier molecular flexibility index (Phi) is 7.74. The Balaban J connectivity index is 0.00000242. The monoisotopic (exact) mass is 342 g/mol. The summed E-state index contributed by atoms with van der Waals surface area (Å²) in [5, 5.41) is 7.02. The molecular formula is C17H27ClN2OS. The van der Waals surface area contributed by atoms with Crippen LogP contribution in [0.2, 0.25) is 0 Å². The molecule has 1 fully saturated rings. The number of benzene rings is 1. The lowest BCUT2D eigenvalue weighted by atomic mass is 9.81. The van der Waals surface area contributed by atoms with Gasteiger partial charge in [0.2, 0.25) is 0 Å². The van der Waals surface area contributed by atoms with E-state index < -0.39 is 0 Å². The summed E-state index contributed by atoms with van der Waals surface area (Å²) in [5.41, 5.74) is 0.981. The van der Waals surface area contributed by atoms with Crippen LogP contribution in [0.15, 0.2) is 29.2 Å². The quantitative estimate of drug-likeness (QED) is 0.801. The summed E-state index contributed by atoms with van der Waals surface area (Å²) in [6.07, 6.45) is 2.24. The third-order valence-electron chi connectivity index (χ3n) is 3.97. The summed E-state index contributed by atoms with van der Waals surface area (Å²) >= 11 is 1.82. The predicted molar refractivity (Wildman–Crippen MR) is 97.2 cm³/mol. The fourth-order valence-electron chi connectivity index (χ4n) is 2.56. The van der Waals surface area contributed by atoms with E-state index in [2.05, 4.69) is 31.4 Å². The van der Waals surface area contributed by atoms with Crippen molar-refractivity contribution < 1.29 is 4.79 Å². The topological polar surface area (TPSA) is 41.1 Å². The Morgan fingerprint density at radius 1 is 1.27 bits per heavy atom. The smallest absolute Gasteiger partial charge is 0.251 e. The van der Waals surface area contributed by atoms with Gasteiger partial charge in [-0.3, -0.25) is 4.79 Å². The van der Waals surface area contributed by atoms with E-state index >= 15 is 0 Å². The maximum atomic E-state index is 12.2. The standard InChI is InChI=1S/C17H26N2OS.ClH/c1-13(2)21-15-6-4-14(5-7-15)16(20)19-12-17(3)8-10-18-11-9-17;/h4-7,13,18H,8-12H2,1-3H3,(H,19,20);1H. The van der Waals surface area contributed by atoms with Gasteiger partial charge in [0, 0.05) is 22.3 Å². The molecule has 0 aromatic heterocycles. The first-order valence-corrected chi connectivity index (χ1v) is 8.62. The van der Waals surface area contributed by atoms with Crippen molar-refractivity contribution in [1.29, 1.82) is 0 Å². The van der Waals surface area contributed by atoms with Crippen LogP contribution in [0.25, 0.3) is 0 Å². The minimum atomic E-state index is 0. The molecule has 1 heterocycles. The highest BCUT2D eigenvalue weighted by Gasteiger charge is 2.27. The molecule has 0 aliphatic carbocycles. The van der Waals surface area contributed by atoms with Gasteiger partial charge in [0.15, 0.2) is 0 Å². The average molecular weight is 343 g/mol. The van der Waals surface area contributed by atoms with Crippen LogP contribution in [0.5, 0.6) is 0 Å². The summed E-state index contributed by atoms with van der Waals surface area (Å²) in [4.78, 5) is 13.4. The van der Waals surface area contributed by atoms with Crippen LogP contribution in [0.4, 0.5) is 0 Å². The van der Waals surface area contributed by atoms with E-state index in [1.54, 1.807) is 0 Å². The van der Waals surface area contributed by atoms with Crippen LogP contribution >= 0.6 is 24.2 Å². The number of nitrogens with one attached hydrogen (secondary N) is 2. The van der Waals surface area contributed by atoms with Crippen LogP contribution in [0, 0.1) is 5.41 Å². The van der Waals surface area contributed by atoms with Gasteiger partial charge < -0.3 is 10.6 Å². The van der Waals surface area contributed by atoms with Crippen LogP contribution < -0.4 is 10.6 Å². The lowest BCUT2D eigenvalue weighted by Crippen LogP contribution is -2.42. The van der Waals surface area contributed by atoms with Crippen LogP contribution in [-0.2, 0) is 0 Å². The number of thioether (sulfide) groups is 1. The largest absolute Gasteiger partial charge is 0.351 e. The Labute approximate surface area is 144 Å². The number of carbonyl (C=O) groups excluding carboxylic acids is 1. The highest BCUT2D eigenvalue weighted by Crippen LogP contribution is 2.27. The van der Waals surface area contributed by atoms with Crippen LogP contribution in [-0.4, -0.2) is 30.8 Å². The summed E-state index contributed by atoms with van der Waals surface area (Å²) < 4.78 is 0. The second kappa shape index (κ2) is 8.80. The summed E-state index contributed by atoms with van der Waals surface area (Å²) in [6, 6.07) is 7.91. The van der Waals surface area contributed by atoms with E-state index in [4.69, 9.17) is 0 Å². The highest BCUT2D eigenvalue weighted by molar-refractivity contribution is 7.99. The van der Waals surface area contributed by atoms with Gasteiger partial charge in [0.05, 0.1) is 0 Å². The molecule has 1 aromatic rings. The number of hydrogen-bond acceptors (Lipinski definition) is 3. The maximum Gasteiger partial charge on any atom is 0.251 e. The molecule has 0 unspecified atom stereocenters. The number of rotatable bonds is 5. The average Bonchev–Trinajstić information content (AvgIpc) is 2.46. The second-order valence-electron chi connectivity index (χ2n) is 6.43. The molecule has 0 bridgehead atoms. The van der Waals surface area contributed by atoms with Crippen molar-refractivity contribution in [2.75, 3.05) is 19.6 Å². The molecule has 1 aliphatic heterocycles. The fourth-order valence-corrected chi connectivity index (χ4v) is 3.40. The Morgan fingerprint density at radius 2 is 1.86 bits per heavy atom. The highest BCUT2D eigenvalue weighted by atomic mass is 35.5. The molecule has 2 N–H and O–H groups in total. The summed E-state index contributed by atoms with van der Waals surface area (Å²) in [7, 11) is 0. The van der Waals surface area contributed by atoms with Crippen molar-refractivity contribution in [1.82, 2.24) is 10.6 Å². The number of piperidine rings is 1. The van der Waals surface area contributed by atoms with Crippen molar-refractivity contribution in [3.05, 3.63) is 29.8 Å². The first-order valence-electron chi connectivity index (χ1n) is 7.74. The molecule has 1 aromatic carbocycles. The first-order chi connectivity index (χ1) is 9.98. The van der Waals surface area contributed by atoms with Crippen molar-refractivity contribution >= 4 is 30.1 Å². The number of amides is 1. The Morgan fingerprint density at radius 3 is 2.41 bits per heavy atom. The minimum Gasteiger partial charge on any atom is -0.351 e. The molecule has 0 radical (unpaired) electrons. The lowest BCUT2D eigenvalue weighted by molar-refractivity contribution is 0.0922. The summed E-state index contributed by atoms with van der Waals surface area (Å²) in [6.45, 7) is 9.46. The number of carbonyl (C=O) groups is 1. The van der Waals surface area contributed by atoms with Gasteiger partial charge in [0.25, 0.3) is 5.91 Å². The van der Waals surface area contributed by atoms with Gasteiger partial charge in [-0.05, 0) is 55.6 Å². The van der Waals surface area contributed by atoms with Gasteiger partial charge >= 0.3 is 0 Å². The maximum absolute atomic E-state index is 12.2. The van der Waals surface area contributed by atoms with Crippen molar-refractivity contribution in [2.24, 2.45) is 5.41 Å². The number of halogens is 1. The van der Waals surface area contributed by atoms with Gasteiger partial charge in [-0.15, -0.1) is 24.2 Å². The third kappa shape index (κ3) is 5.82. The zero-order valence-electron chi connectivity index (χ0n) is 13.6. The van der Waals surface area contributed by atoms with Gasteiger partial charge in [0.1, 0.15) is 0 Å². The molecule has 124 valence electrons. The van der Waals surface area contributed by atoms with Crippen molar-refractivity contribution in [3.63, 3.8) is 0 Å². The van der Waals surface area contributed by atoms with E-state index in [1.165, 1.54) is 4.90 Å². The van der Waals surface area contributed by atoms with E-state index in [1.807, 2.05) is 36.0 Å². The normalized spacial score (nSPS) is 16.9. The molecule has 0 saturated carbocycles. The fraction of sp³-hybridized carbons (Fsp3) is 0.588. The molecule has 1 saturated heterocycles. The zero-order chi connectivity index (χ0) is 15.3. The molecule has 0 spiro atoms. The zero-order valence-corrected chi connectivity index (χ0v) is 15.3. The molecule has 2 rings (SSSR count). The Hall–Kier alpha value is -0.710. The van der Waals surface area contributed by atoms with Gasteiger partial charge in [-0.2, -0.15) is 0 Å². The first kappa shape index (κ1) is 19.3. The van der Waals surface area contributed by atoms with Gasteiger partial charge in [-0.25, -0.2) is 0 Å². The second-order valence-corrected chi connectivity index (χ2v) is 8.08.